The van der Waals surface area contributed by atoms with E-state index in [4.69, 9.17) is 5.11 Å². The summed E-state index contributed by atoms with van der Waals surface area (Å²) < 4.78 is 0. The van der Waals surface area contributed by atoms with E-state index in [-0.39, 0.29) is 12.5 Å². The van der Waals surface area contributed by atoms with Crippen LogP contribution in [0.1, 0.15) is 45.4 Å². The number of hydrogen-bond acceptors (Lipinski definition) is 3. The number of nitrogens with one attached hydrogen (secondary N) is 1. The van der Waals surface area contributed by atoms with Crippen LogP contribution < -0.4 is 5.32 Å². The lowest BCUT2D eigenvalue weighted by atomic mass is 9.97. The van der Waals surface area contributed by atoms with Crippen molar-refractivity contribution < 1.29 is 14.7 Å². The molecule has 5 nitrogen and oxygen atoms in total. The number of carboxylic acid groups (broad SMARTS) is 1. The molecule has 0 saturated carbocycles. The summed E-state index contributed by atoms with van der Waals surface area (Å²) in [6.45, 7) is 4.46. The van der Waals surface area contributed by atoms with Crippen molar-refractivity contribution in [1.29, 1.82) is 0 Å². The predicted octanol–water partition coefficient (Wildman–Crippen LogP) is 1.48. The first-order valence-corrected chi connectivity index (χ1v) is 7.33. The van der Waals surface area contributed by atoms with Gasteiger partial charge in [-0.15, -0.1) is 0 Å². The molecule has 0 aromatic rings. The minimum atomic E-state index is -0.830. The molecule has 1 fully saturated rings. The maximum atomic E-state index is 12.0. The average molecular weight is 270 g/mol. The van der Waals surface area contributed by atoms with Gasteiger partial charge in [0, 0.05) is 26.1 Å². The van der Waals surface area contributed by atoms with E-state index in [2.05, 4.69) is 12.2 Å². The summed E-state index contributed by atoms with van der Waals surface area (Å²) in [6, 6.07) is 0. The quantitative estimate of drug-likeness (QED) is 0.655. The van der Waals surface area contributed by atoms with Crippen molar-refractivity contribution in [1.82, 2.24) is 10.2 Å². The van der Waals surface area contributed by atoms with Gasteiger partial charge in [0.1, 0.15) is 0 Å². The second kappa shape index (κ2) is 8.91. The third kappa shape index (κ3) is 6.57. The fourth-order valence-electron chi connectivity index (χ4n) is 2.53. The Morgan fingerprint density at radius 3 is 2.84 bits per heavy atom. The highest BCUT2D eigenvalue weighted by Gasteiger charge is 2.22. The van der Waals surface area contributed by atoms with Gasteiger partial charge in [-0.2, -0.15) is 0 Å². The number of amides is 1. The number of carboxylic acids is 1. The van der Waals surface area contributed by atoms with Crippen molar-refractivity contribution >= 4 is 11.9 Å². The summed E-state index contributed by atoms with van der Waals surface area (Å²) in [6.07, 6.45) is 5.99. The molecular formula is C14H26N2O3. The van der Waals surface area contributed by atoms with E-state index >= 15 is 0 Å². The normalized spacial score (nSPS) is 19.4. The molecule has 5 heteroatoms. The Morgan fingerprint density at radius 2 is 2.16 bits per heavy atom. The Labute approximate surface area is 115 Å². The molecule has 0 radical (unpaired) electrons. The molecular weight excluding hydrogens is 244 g/mol. The molecule has 1 aliphatic rings. The van der Waals surface area contributed by atoms with Gasteiger partial charge in [-0.3, -0.25) is 9.59 Å². The van der Waals surface area contributed by atoms with Crippen LogP contribution >= 0.6 is 0 Å². The minimum Gasteiger partial charge on any atom is -0.480 e. The second-order valence-corrected chi connectivity index (χ2v) is 5.33. The van der Waals surface area contributed by atoms with Crippen LogP contribution in [0.15, 0.2) is 0 Å². The second-order valence-electron chi connectivity index (χ2n) is 5.33. The van der Waals surface area contributed by atoms with Crippen LogP contribution in [0.3, 0.4) is 0 Å². The molecule has 110 valence electrons. The number of piperidine rings is 1. The number of carbonyl (C=O) groups is 2. The van der Waals surface area contributed by atoms with Crippen molar-refractivity contribution in [2.24, 2.45) is 5.92 Å². The van der Waals surface area contributed by atoms with Crippen LogP contribution in [0.5, 0.6) is 0 Å². The summed E-state index contributed by atoms with van der Waals surface area (Å²) in [5.41, 5.74) is 0. The Balaban J connectivity index is 2.24. The number of carbonyl (C=O) groups excluding carboxylic acids is 1. The lowest BCUT2D eigenvalue weighted by Gasteiger charge is -2.33. The van der Waals surface area contributed by atoms with Crippen molar-refractivity contribution in [3.8, 4) is 0 Å². The maximum Gasteiger partial charge on any atom is 0.317 e. The van der Waals surface area contributed by atoms with Crippen LogP contribution in [0.4, 0.5) is 0 Å². The molecule has 0 spiro atoms. The molecule has 1 rings (SSSR count). The van der Waals surface area contributed by atoms with Gasteiger partial charge < -0.3 is 15.3 Å². The summed E-state index contributed by atoms with van der Waals surface area (Å²) in [7, 11) is 0. The maximum absolute atomic E-state index is 12.0. The fraction of sp³-hybridized carbons (Fsp3) is 0.857. The first-order valence-electron chi connectivity index (χ1n) is 7.33. The van der Waals surface area contributed by atoms with Gasteiger partial charge in [0.05, 0.1) is 6.54 Å². The topological polar surface area (TPSA) is 69.6 Å². The Kier molecular flexibility index (Phi) is 7.48. The number of unbranched alkanes of at least 4 members (excludes halogenated alkanes) is 2. The monoisotopic (exact) mass is 270 g/mol. The third-order valence-corrected chi connectivity index (χ3v) is 3.58. The molecule has 1 aliphatic heterocycles. The summed E-state index contributed by atoms with van der Waals surface area (Å²) in [4.78, 5) is 24.4. The van der Waals surface area contributed by atoms with Gasteiger partial charge in [0.15, 0.2) is 0 Å². The zero-order valence-electron chi connectivity index (χ0n) is 11.9. The minimum absolute atomic E-state index is 0.000939. The van der Waals surface area contributed by atoms with Gasteiger partial charge in [-0.1, -0.05) is 19.8 Å². The highest BCUT2D eigenvalue weighted by Crippen LogP contribution is 2.17. The molecule has 1 amide bonds. The van der Waals surface area contributed by atoms with E-state index in [1.54, 1.807) is 0 Å². The van der Waals surface area contributed by atoms with Crippen molar-refractivity contribution in [3.63, 3.8) is 0 Å². The van der Waals surface area contributed by atoms with Crippen molar-refractivity contribution in [3.05, 3.63) is 0 Å². The molecule has 1 heterocycles. The van der Waals surface area contributed by atoms with E-state index in [9.17, 15) is 9.59 Å². The largest absolute Gasteiger partial charge is 0.480 e. The van der Waals surface area contributed by atoms with E-state index in [0.29, 0.717) is 18.9 Å². The van der Waals surface area contributed by atoms with Gasteiger partial charge in [-0.25, -0.2) is 0 Å². The number of nitrogens with zero attached hydrogens (tertiary/aromatic N) is 1. The zero-order valence-corrected chi connectivity index (χ0v) is 11.9. The van der Waals surface area contributed by atoms with E-state index < -0.39 is 5.97 Å². The zero-order chi connectivity index (χ0) is 14.1. The molecule has 0 aliphatic carbocycles. The number of hydrogen-bond donors (Lipinski definition) is 2. The highest BCUT2D eigenvalue weighted by atomic mass is 16.4. The number of rotatable bonds is 8. The molecule has 1 unspecified atom stereocenters. The number of likely N-dealkylation sites (tertiary alicyclic amines) is 1. The fourth-order valence-corrected chi connectivity index (χ4v) is 2.53. The van der Waals surface area contributed by atoms with Gasteiger partial charge in [0.25, 0.3) is 0 Å². The van der Waals surface area contributed by atoms with Crippen molar-refractivity contribution in [2.75, 3.05) is 26.2 Å². The van der Waals surface area contributed by atoms with Crippen LogP contribution in [0, 0.1) is 5.92 Å². The standard InChI is InChI=1S/C14H26N2O3/c1-2-3-4-7-13(17)16-8-5-6-12(11-16)9-15-10-14(18)19/h12,15H,2-11H2,1H3,(H,18,19). The predicted molar refractivity (Wildman–Crippen MR) is 74.0 cm³/mol. The van der Waals surface area contributed by atoms with Gasteiger partial charge in [0.2, 0.25) is 5.91 Å². The molecule has 1 saturated heterocycles. The Bertz CT molecular complexity index is 294. The van der Waals surface area contributed by atoms with Crippen LogP contribution in [0.2, 0.25) is 0 Å². The lowest BCUT2D eigenvalue weighted by molar-refractivity contribution is -0.136. The van der Waals surface area contributed by atoms with Crippen LogP contribution in [0.25, 0.3) is 0 Å². The van der Waals surface area contributed by atoms with E-state index in [0.717, 1.165) is 45.2 Å². The van der Waals surface area contributed by atoms with Gasteiger partial charge in [-0.05, 0) is 25.2 Å². The molecule has 0 aromatic heterocycles. The lowest BCUT2D eigenvalue weighted by Crippen LogP contribution is -2.43. The third-order valence-electron chi connectivity index (χ3n) is 3.58. The first-order chi connectivity index (χ1) is 9.13. The Morgan fingerprint density at radius 1 is 1.37 bits per heavy atom. The van der Waals surface area contributed by atoms with Gasteiger partial charge >= 0.3 is 5.97 Å². The summed E-state index contributed by atoms with van der Waals surface area (Å²) in [5.74, 6) is -0.178. The Hall–Kier alpha value is -1.10. The molecule has 2 N–H and O–H groups in total. The van der Waals surface area contributed by atoms with E-state index in [1.165, 1.54) is 0 Å². The number of aliphatic carboxylic acids is 1. The smallest absolute Gasteiger partial charge is 0.317 e. The van der Waals surface area contributed by atoms with E-state index in [1.807, 2.05) is 4.90 Å². The summed E-state index contributed by atoms with van der Waals surface area (Å²) >= 11 is 0. The average Bonchev–Trinajstić information content (AvgIpc) is 2.39. The van der Waals surface area contributed by atoms with Crippen LogP contribution in [-0.4, -0.2) is 48.1 Å². The molecule has 1 atom stereocenters. The first kappa shape index (κ1) is 16.0. The molecule has 0 bridgehead atoms. The highest BCUT2D eigenvalue weighted by molar-refractivity contribution is 5.76. The van der Waals surface area contributed by atoms with Crippen molar-refractivity contribution in [2.45, 2.75) is 45.4 Å². The molecule has 19 heavy (non-hydrogen) atoms. The molecule has 0 aromatic carbocycles. The van der Waals surface area contributed by atoms with Crippen LogP contribution in [-0.2, 0) is 9.59 Å². The SMILES string of the molecule is CCCCCC(=O)N1CCCC(CNCC(=O)O)C1. The summed E-state index contributed by atoms with van der Waals surface area (Å²) in [5, 5.41) is 11.5.